The normalized spacial score (nSPS) is 11.0. The summed E-state index contributed by atoms with van der Waals surface area (Å²) in [6.45, 7) is 3.82. The van der Waals surface area contributed by atoms with Crippen molar-refractivity contribution in [3.05, 3.63) is 91.4 Å². The van der Waals surface area contributed by atoms with Crippen molar-refractivity contribution in [2.24, 2.45) is 0 Å². The average molecular weight is 450 g/mol. The molecule has 0 fully saturated rings. The number of carbonyl (C=O) groups is 1. The first-order chi connectivity index (χ1) is 15.4. The molecular weight excluding hydrogens is 426 g/mol. The van der Waals surface area contributed by atoms with E-state index in [1.54, 1.807) is 42.8 Å². The van der Waals surface area contributed by atoms with Crippen molar-refractivity contribution < 1.29 is 9.53 Å². The van der Waals surface area contributed by atoms with Gasteiger partial charge in [-0.15, -0.1) is 11.3 Å². The molecule has 1 N–H and O–H groups in total. The van der Waals surface area contributed by atoms with Crippen LogP contribution in [0.15, 0.2) is 63.5 Å². The summed E-state index contributed by atoms with van der Waals surface area (Å²) < 4.78 is 8.14. The van der Waals surface area contributed by atoms with E-state index in [0.29, 0.717) is 21.7 Å². The fourth-order valence-corrected chi connectivity index (χ4v) is 4.40. The molecule has 164 valence electrons. The van der Waals surface area contributed by atoms with Gasteiger partial charge in [0.1, 0.15) is 17.0 Å². The van der Waals surface area contributed by atoms with Gasteiger partial charge in [-0.1, -0.05) is 24.3 Å². The minimum absolute atomic E-state index is 0.105. The van der Waals surface area contributed by atoms with E-state index in [9.17, 15) is 14.4 Å². The molecule has 0 spiro atoms. The number of rotatable bonds is 6. The molecule has 0 saturated carbocycles. The first kappa shape index (κ1) is 21.6. The number of ether oxygens (including phenoxy) is 1. The van der Waals surface area contributed by atoms with Gasteiger partial charge in [-0.05, 0) is 60.2 Å². The molecule has 0 unspecified atom stereocenters. The maximum atomic E-state index is 13.3. The zero-order valence-corrected chi connectivity index (χ0v) is 18.9. The summed E-state index contributed by atoms with van der Waals surface area (Å²) in [7, 11) is 1.58. The molecular formula is C24H23N3O4S. The van der Waals surface area contributed by atoms with E-state index >= 15 is 0 Å². The summed E-state index contributed by atoms with van der Waals surface area (Å²) in [4.78, 5) is 39.1. The van der Waals surface area contributed by atoms with E-state index < -0.39 is 5.69 Å². The van der Waals surface area contributed by atoms with Gasteiger partial charge in [0.25, 0.3) is 5.56 Å². The molecule has 0 radical (unpaired) electrons. The molecule has 0 aliphatic carbocycles. The summed E-state index contributed by atoms with van der Waals surface area (Å²) in [6.07, 6.45) is 0. The number of hydrogen-bond acceptors (Lipinski definition) is 5. The fourth-order valence-electron chi connectivity index (χ4n) is 3.56. The van der Waals surface area contributed by atoms with Crippen LogP contribution in [0.25, 0.3) is 10.2 Å². The molecule has 2 aromatic heterocycles. The number of aromatic nitrogens is 2. The second-order valence-corrected chi connectivity index (χ2v) is 8.45. The van der Waals surface area contributed by atoms with Crippen molar-refractivity contribution in [1.29, 1.82) is 0 Å². The lowest BCUT2D eigenvalue weighted by Gasteiger charge is -2.14. The molecule has 2 heterocycles. The average Bonchev–Trinajstić information content (AvgIpc) is 3.28. The van der Waals surface area contributed by atoms with Crippen LogP contribution in [0, 0.1) is 13.8 Å². The third-order valence-electron chi connectivity index (χ3n) is 5.52. The van der Waals surface area contributed by atoms with Gasteiger partial charge in [0, 0.05) is 5.69 Å². The van der Waals surface area contributed by atoms with E-state index in [-0.39, 0.29) is 24.6 Å². The van der Waals surface area contributed by atoms with Crippen molar-refractivity contribution in [2.75, 3.05) is 12.4 Å². The highest BCUT2D eigenvalue weighted by Crippen LogP contribution is 2.19. The zero-order valence-electron chi connectivity index (χ0n) is 18.0. The van der Waals surface area contributed by atoms with Crippen LogP contribution in [0.4, 0.5) is 5.69 Å². The molecule has 4 rings (SSSR count). The largest absolute Gasteiger partial charge is 0.497 e. The third-order valence-corrected chi connectivity index (χ3v) is 6.41. The predicted octanol–water partition coefficient (Wildman–Crippen LogP) is 3.54. The molecule has 0 bridgehead atoms. The van der Waals surface area contributed by atoms with E-state index in [1.807, 2.05) is 32.0 Å². The van der Waals surface area contributed by atoms with Crippen molar-refractivity contribution in [3.63, 3.8) is 0 Å². The Balaban J connectivity index is 1.70. The van der Waals surface area contributed by atoms with Gasteiger partial charge < -0.3 is 10.1 Å². The van der Waals surface area contributed by atoms with Crippen LogP contribution in [0.1, 0.15) is 16.7 Å². The highest BCUT2D eigenvalue weighted by Gasteiger charge is 2.17. The maximum absolute atomic E-state index is 13.3. The van der Waals surface area contributed by atoms with Crippen molar-refractivity contribution >= 4 is 33.1 Å². The third kappa shape index (κ3) is 4.09. The lowest BCUT2D eigenvalue weighted by molar-refractivity contribution is -0.116. The number of anilines is 1. The van der Waals surface area contributed by atoms with E-state index in [4.69, 9.17) is 4.74 Å². The number of nitrogens with one attached hydrogen (secondary N) is 1. The van der Waals surface area contributed by atoms with Crippen molar-refractivity contribution in [3.8, 4) is 5.75 Å². The second-order valence-electron chi connectivity index (χ2n) is 7.54. The molecule has 0 aliphatic heterocycles. The molecule has 8 heteroatoms. The lowest BCUT2D eigenvalue weighted by atomic mass is 10.1. The van der Waals surface area contributed by atoms with Gasteiger partial charge in [0.05, 0.1) is 19.2 Å². The Morgan fingerprint density at radius 3 is 2.50 bits per heavy atom. The van der Waals surface area contributed by atoms with E-state index in [0.717, 1.165) is 16.7 Å². The minimum atomic E-state index is -0.521. The van der Waals surface area contributed by atoms with Crippen LogP contribution in [-0.4, -0.2) is 22.2 Å². The molecule has 7 nitrogen and oxygen atoms in total. The maximum Gasteiger partial charge on any atom is 0.332 e. The molecule has 32 heavy (non-hydrogen) atoms. The highest BCUT2D eigenvalue weighted by molar-refractivity contribution is 7.17. The number of carbonyl (C=O) groups excluding carboxylic acids is 1. The predicted molar refractivity (Wildman–Crippen MR) is 127 cm³/mol. The van der Waals surface area contributed by atoms with Crippen LogP contribution >= 0.6 is 11.3 Å². The Morgan fingerprint density at radius 1 is 1.03 bits per heavy atom. The Hall–Kier alpha value is -3.65. The summed E-state index contributed by atoms with van der Waals surface area (Å²) in [5, 5.41) is 4.64. The standard InChI is InChI=1S/C24H23N3O4S/c1-15-5-4-6-19(16(15)2)25-21(28)14-26-20-11-12-32-22(20)23(29)27(24(26)30)13-17-7-9-18(31-3)10-8-17/h4-12H,13-14H2,1-3H3,(H,25,28). The van der Waals surface area contributed by atoms with Gasteiger partial charge in [0.15, 0.2) is 0 Å². The Morgan fingerprint density at radius 2 is 1.78 bits per heavy atom. The molecule has 0 saturated heterocycles. The number of methoxy groups -OCH3 is 1. The summed E-state index contributed by atoms with van der Waals surface area (Å²) in [6, 6.07) is 14.5. The number of hydrogen-bond donors (Lipinski definition) is 1. The molecule has 4 aromatic rings. The van der Waals surface area contributed by atoms with Crippen LogP contribution < -0.4 is 21.3 Å². The number of aryl methyl sites for hydroxylation is 1. The Bertz CT molecular complexity index is 1410. The number of benzene rings is 2. The van der Waals surface area contributed by atoms with Gasteiger partial charge in [0.2, 0.25) is 5.91 Å². The van der Waals surface area contributed by atoms with Crippen LogP contribution in [0.5, 0.6) is 5.75 Å². The smallest absolute Gasteiger partial charge is 0.332 e. The van der Waals surface area contributed by atoms with Gasteiger partial charge in [-0.2, -0.15) is 0 Å². The van der Waals surface area contributed by atoms with Gasteiger partial charge in [-0.3, -0.25) is 18.7 Å². The summed E-state index contributed by atoms with van der Waals surface area (Å²) >= 11 is 1.26. The van der Waals surface area contributed by atoms with E-state index in [2.05, 4.69) is 5.32 Å². The fraction of sp³-hybridized carbons (Fsp3) is 0.208. The number of fused-ring (bicyclic) bond motifs is 1. The number of nitrogens with zero attached hydrogens (tertiary/aromatic N) is 2. The van der Waals surface area contributed by atoms with Crippen LogP contribution in [-0.2, 0) is 17.9 Å². The Kier molecular flexibility index (Phi) is 5.96. The molecule has 0 atom stereocenters. The molecule has 2 aromatic carbocycles. The minimum Gasteiger partial charge on any atom is -0.497 e. The quantitative estimate of drug-likeness (QED) is 0.488. The zero-order chi connectivity index (χ0) is 22.8. The SMILES string of the molecule is COc1ccc(Cn2c(=O)c3sccc3n(CC(=O)Nc3cccc(C)c3C)c2=O)cc1. The lowest BCUT2D eigenvalue weighted by Crippen LogP contribution is -2.41. The van der Waals surface area contributed by atoms with Crippen molar-refractivity contribution in [1.82, 2.24) is 9.13 Å². The number of amides is 1. The topological polar surface area (TPSA) is 82.3 Å². The summed E-state index contributed by atoms with van der Waals surface area (Å²) in [5.74, 6) is 0.360. The highest BCUT2D eigenvalue weighted by atomic mass is 32.1. The van der Waals surface area contributed by atoms with Crippen molar-refractivity contribution in [2.45, 2.75) is 26.9 Å². The monoisotopic (exact) mass is 449 g/mol. The molecule has 0 aliphatic rings. The summed E-state index contributed by atoms with van der Waals surface area (Å²) in [5.41, 5.74) is 3.11. The number of thiophene rings is 1. The van der Waals surface area contributed by atoms with Gasteiger partial charge in [-0.25, -0.2) is 4.79 Å². The van der Waals surface area contributed by atoms with Crippen LogP contribution in [0.3, 0.4) is 0 Å². The van der Waals surface area contributed by atoms with Crippen LogP contribution in [0.2, 0.25) is 0 Å². The second kappa shape index (κ2) is 8.84. The first-order valence-corrected chi connectivity index (χ1v) is 11.0. The van der Waals surface area contributed by atoms with Gasteiger partial charge >= 0.3 is 5.69 Å². The molecule has 1 amide bonds. The van der Waals surface area contributed by atoms with E-state index in [1.165, 1.54) is 20.5 Å². The Labute approximate surface area is 188 Å². The first-order valence-electron chi connectivity index (χ1n) is 10.1.